The van der Waals surface area contributed by atoms with Gasteiger partial charge in [0.15, 0.2) is 0 Å². The molecule has 0 spiro atoms. The van der Waals surface area contributed by atoms with Crippen molar-refractivity contribution in [1.29, 1.82) is 0 Å². The SMILES string of the molecule is CC(C)CC(CNC(=O)Cn1cccn1)C(=O)O. The van der Waals surface area contributed by atoms with E-state index < -0.39 is 11.9 Å². The monoisotopic (exact) mass is 253 g/mol. The second kappa shape index (κ2) is 6.78. The van der Waals surface area contributed by atoms with Crippen molar-refractivity contribution in [1.82, 2.24) is 15.1 Å². The lowest BCUT2D eigenvalue weighted by atomic mass is 9.97. The number of nitrogens with one attached hydrogen (secondary N) is 1. The number of carboxylic acids is 1. The summed E-state index contributed by atoms with van der Waals surface area (Å²) in [5.41, 5.74) is 0. The molecule has 0 aromatic carbocycles. The van der Waals surface area contributed by atoms with E-state index in [2.05, 4.69) is 10.4 Å². The van der Waals surface area contributed by atoms with Crippen molar-refractivity contribution in [3.8, 4) is 0 Å². The smallest absolute Gasteiger partial charge is 0.308 e. The lowest BCUT2D eigenvalue weighted by Crippen LogP contribution is -2.35. The van der Waals surface area contributed by atoms with E-state index in [1.165, 1.54) is 4.68 Å². The van der Waals surface area contributed by atoms with Crippen LogP contribution in [0.4, 0.5) is 0 Å². The summed E-state index contributed by atoms with van der Waals surface area (Å²) in [6.07, 6.45) is 3.83. The lowest BCUT2D eigenvalue weighted by Gasteiger charge is -2.15. The number of aromatic nitrogens is 2. The lowest BCUT2D eigenvalue weighted by molar-refractivity contribution is -0.142. The Hall–Kier alpha value is -1.85. The number of hydrogen-bond donors (Lipinski definition) is 2. The first-order valence-electron chi connectivity index (χ1n) is 5.96. The molecule has 0 aliphatic carbocycles. The first-order valence-corrected chi connectivity index (χ1v) is 5.96. The fourth-order valence-electron chi connectivity index (χ4n) is 1.67. The molecule has 18 heavy (non-hydrogen) atoms. The summed E-state index contributed by atoms with van der Waals surface area (Å²) >= 11 is 0. The topological polar surface area (TPSA) is 84.2 Å². The van der Waals surface area contributed by atoms with Crippen LogP contribution in [0.3, 0.4) is 0 Å². The highest BCUT2D eigenvalue weighted by atomic mass is 16.4. The van der Waals surface area contributed by atoms with Gasteiger partial charge >= 0.3 is 5.97 Å². The zero-order valence-electron chi connectivity index (χ0n) is 10.7. The number of hydrogen-bond acceptors (Lipinski definition) is 3. The minimum atomic E-state index is -0.872. The molecular formula is C12H19N3O3. The molecule has 0 saturated heterocycles. The van der Waals surface area contributed by atoms with Crippen LogP contribution in [0.5, 0.6) is 0 Å². The maximum atomic E-state index is 11.6. The van der Waals surface area contributed by atoms with Crippen LogP contribution in [0.2, 0.25) is 0 Å². The molecule has 1 aromatic heterocycles. The summed E-state index contributed by atoms with van der Waals surface area (Å²) in [5.74, 6) is -1.35. The fraction of sp³-hybridized carbons (Fsp3) is 0.583. The Balaban J connectivity index is 2.37. The van der Waals surface area contributed by atoms with Crippen LogP contribution in [0.1, 0.15) is 20.3 Å². The molecule has 1 rings (SSSR count). The van der Waals surface area contributed by atoms with Gasteiger partial charge in [-0.25, -0.2) is 0 Å². The molecule has 100 valence electrons. The number of nitrogens with zero attached hydrogens (tertiary/aromatic N) is 2. The number of carbonyl (C=O) groups is 2. The minimum absolute atomic E-state index is 0.112. The van der Waals surface area contributed by atoms with E-state index in [1.54, 1.807) is 18.5 Å². The Morgan fingerprint density at radius 3 is 2.67 bits per heavy atom. The maximum absolute atomic E-state index is 11.6. The molecule has 1 heterocycles. The van der Waals surface area contributed by atoms with Gasteiger partial charge in [0, 0.05) is 18.9 Å². The van der Waals surface area contributed by atoms with E-state index >= 15 is 0 Å². The Bertz CT molecular complexity index is 387. The molecule has 0 aliphatic rings. The quantitative estimate of drug-likeness (QED) is 0.751. The van der Waals surface area contributed by atoms with E-state index in [0.29, 0.717) is 6.42 Å². The number of amides is 1. The summed E-state index contributed by atoms with van der Waals surface area (Å²) in [7, 11) is 0. The number of carboxylic acid groups (broad SMARTS) is 1. The Labute approximate surface area is 106 Å². The molecular weight excluding hydrogens is 234 g/mol. The van der Waals surface area contributed by atoms with Crippen LogP contribution in [0, 0.1) is 11.8 Å². The van der Waals surface area contributed by atoms with Gasteiger partial charge in [-0.1, -0.05) is 13.8 Å². The van der Waals surface area contributed by atoms with Crippen LogP contribution in [0.25, 0.3) is 0 Å². The van der Waals surface area contributed by atoms with Gasteiger partial charge in [-0.05, 0) is 18.4 Å². The Morgan fingerprint density at radius 1 is 1.44 bits per heavy atom. The van der Waals surface area contributed by atoms with Crippen LogP contribution in [-0.4, -0.2) is 33.3 Å². The predicted molar refractivity (Wildman–Crippen MR) is 65.8 cm³/mol. The third kappa shape index (κ3) is 4.99. The van der Waals surface area contributed by atoms with E-state index in [9.17, 15) is 9.59 Å². The normalized spacial score (nSPS) is 12.4. The Kier molecular flexibility index (Phi) is 5.35. The molecule has 6 heteroatoms. The summed E-state index contributed by atoms with van der Waals surface area (Å²) in [6.45, 7) is 4.19. The standard InChI is InChI=1S/C12H19N3O3/c1-9(2)6-10(12(17)18)7-13-11(16)8-15-5-3-4-14-15/h3-5,9-10H,6-8H2,1-2H3,(H,13,16)(H,17,18). The zero-order chi connectivity index (χ0) is 13.5. The second-order valence-electron chi connectivity index (χ2n) is 4.67. The van der Waals surface area contributed by atoms with Gasteiger partial charge in [0.05, 0.1) is 5.92 Å². The third-order valence-corrected chi connectivity index (χ3v) is 2.52. The molecule has 1 atom stereocenters. The predicted octanol–water partition coefficient (Wildman–Crippen LogP) is 0.746. The molecule has 6 nitrogen and oxygen atoms in total. The van der Waals surface area contributed by atoms with E-state index in [4.69, 9.17) is 5.11 Å². The molecule has 0 fully saturated rings. The third-order valence-electron chi connectivity index (χ3n) is 2.52. The Morgan fingerprint density at radius 2 is 2.17 bits per heavy atom. The molecule has 1 unspecified atom stereocenters. The van der Waals surface area contributed by atoms with Crippen molar-refractivity contribution < 1.29 is 14.7 Å². The summed E-state index contributed by atoms with van der Waals surface area (Å²) < 4.78 is 1.49. The van der Waals surface area contributed by atoms with E-state index in [-0.39, 0.29) is 24.9 Å². The molecule has 1 aromatic rings. The van der Waals surface area contributed by atoms with Crippen LogP contribution >= 0.6 is 0 Å². The number of rotatable bonds is 7. The van der Waals surface area contributed by atoms with Crippen molar-refractivity contribution in [3.05, 3.63) is 18.5 Å². The van der Waals surface area contributed by atoms with Gasteiger partial charge in [-0.2, -0.15) is 5.10 Å². The largest absolute Gasteiger partial charge is 0.481 e. The van der Waals surface area contributed by atoms with Gasteiger partial charge in [0.1, 0.15) is 6.54 Å². The fourth-order valence-corrected chi connectivity index (χ4v) is 1.67. The summed E-state index contributed by atoms with van der Waals surface area (Å²) in [5, 5.41) is 15.6. The summed E-state index contributed by atoms with van der Waals surface area (Å²) in [4.78, 5) is 22.6. The van der Waals surface area contributed by atoms with Crippen molar-refractivity contribution >= 4 is 11.9 Å². The highest BCUT2D eigenvalue weighted by molar-refractivity contribution is 5.77. The van der Waals surface area contributed by atoms with Gasteiger partial charge in [-0.3, -0.25) is 14.3 Å². The van der Waals surface area contributed by atoms with Crippen molar-refractivity contribution in [3.63, 3.8) is 0 Å². The molecule has 0 saturated carbocycles. The molecule has 1 amide bonds. The average Bonchev–Trinajstić information content (AvgIpc) is 2.76. The van der Waals surface area contributed by atoms with Gasteiger partial charge in [0.2, 0.25) is 5.91 Å². The number of aliphatic carboxylic acids is 1. The molecule has 0 radical (unpaired) electrons. The average molecular weight is 253 g/mol. The van der Waals surface area contributed by atoms with Gasteiger partial charge < -0.3 is 10.4 Å². The van der Waals surface area contributed by atoms with E-state index in [1.807, 2.05) is 13.8 Å². The second-order valence-corrected chi connectivity index (χ2v) is 4.67. The van der Waals surface area contributed by atoms with Crippen molar-refractivity contribution in [2.75, 3.05) is 6.54 Å². The van der Waals surface area contributed by atoms with Gasteiger partial charge in [-0.15, -0.1) is 0 Å². The number of carbonyl (C=O) groups excluding carboxylic acids is 1. The minimum Gasteiger partial charge on any atom is -0.481 e. The van der Waals surface area contributed by atoms with Crippen molar-refractivity contribution in [2.45, 2.75) is 26.8 Å². The van der Waals surface area contributed by atoms with Crippen LogP contribution in [0.15, 0.2) is 18.5 Å². The first-order chi connectivity index (χ1) is 8.49. The molecule has 2 N–H and O–H groups in total. The van der Waals surface area contributed by atoms with Crippen LogP contribution < -0.4 is 5.32 Å². The highest BCUT2D eigenvalue weighted by Gasteiger charge is 2.19. The van der Waals surface area contributed by atoms with Gasteiger partial charge in [0.25, 0.3) is 0 Å². The van der Waals surface area contributed by atoms with Crippen LogP contribution in [-0.2, 0) is 16.1 Å². The van der Waals surface area contributed by atoms with Crippen molar-refractivity contribution in [2.24, 2.45) is 11.8 Å². The van der Waals surface area contributed by atoms with E-state index in [0.717, 1.165) is 0 Å². The first kappa shape index (κ1) is 14.2. The molecule has 0 aliphatic heterocycles. The molecule has 0 bridgehead atoms. The summed E-state index contributed by atoms with van der Waals surface area (Å²) in [6, 6.07) is 1.73. The zero-order valence-corrected chi connectivity index (χ0v) is 10.7. The highest BCUT2D eigenvalue weighted by Crippen LogP contribution is 2.10. The maximum Gasteiger partial charge on any atom is 0.308 e.